The molecule has 1 saturated carbocycles. The Morgan fingerprint density at radius 3 is 2.55 bits per heavy atom. The van der Waals surface area contributed by atoms with Gasteiger partial charge in [0.2, 0.25) is 0 Å². The zero-order valence-electron chi connectivity index (χ0n) is 19.2. The number of benzene rings is 1. The fourth-order valence-corrected chi connectivity index (χ4v) is 6.02. The van der Waals surface area contributed by atoms with E-state index in [1.54, 1.807) is 0 Å². The zero-order valence-corrected chi connectivity index (χ0v) is 20.8. The highest BCUT2D eigenvalue weighted by Crippen LogP contribution is 2.30. The van der Waals surface area contributed by atoms with Crippen LogP contribution < -0.4 is 4.74 Å². The number of nitrogens with zero attached hydrogens (tertiary/aromatic N) is 3. The van der Waals surface area contributed by atoms with Gasteiger partial charge in [-0.1, -0.05) is 35.2 Å². The van der Waals surface area contributed by atoms with Gasteiger partial charge in [0.25, 0.3) is 0 Å². The monoisotopic (exact) mass is 491 g/mol. The molecule has 2 amide bonds. The summed E-state index contributed by atoms with van der Waals surface area (Å²) in [4.78, 5) is 19.6. The Balaban J connectivity index is 1.26. The van der Waals surface area contributed by atoms with Crippen molar-refractivity contribution in [1.29, 1.82) is 0 Å². The van der Waals surface area contributed by atoms with Crippen LogP contribution in [0.3, 0.4) is 0 Å². The first-order chi connectivity index (χ1) is 15.0. The van der Waals surface area contributed by atoms with E-state index in [9.17, 15) is 4.79 Å². The van der Waals surface area contributed by atoms with Crippen LogP contribution in [0.5, 0.6) is 5.75 Å². The molecule has 0 bridgehead atoms. The largest absolute Gasteiger partial charge is 0.494 e. The summed E-state index contributed by atoms with van der Waals surface area (Å²) in [5.74, 6) is 1.68. The van der Waals surface area contributed by atoms with Gasteiger partial charge in [-0.2, -0.15) is 0 Å². The van der Waals surface area contributed by atoms with Gasteiger partial charge >= 0.3 is 6.03 Å². The number of carbonyl (C=O) groups excluding carboxylic acids is 1. The van der Waals surface area contributed by atoms with Crippen molar-refractivity contribution in [3.8, 4) is 5.75 Å². The van der Waals surface area contributed by atoms with Crippen molar-refractivity contribution < 1.29 is 9.53 Å². The van der Waals surface area contributed by atoms with Gasteiger partial charge in [-0.15, -0.1) is 0 Å². The number of hydrogen-bond donors (Lipinski definition) is 0. The van der Waals surface area contributed by atoms with E-state index in [-0.39, 0.29) is 6.03 Å². The van der Waals surface area contributed by atoms with Gasteiger partial charge in [0, 0.05) is 30.7 Å². The first-order valence-corrected chi connectivity index (χ1v) is 13.0. The maximum Gasteiger partial charge on any atom is 0.320 e. The molecule has 0 radical (unpaired) electrons. The first kappa shape index (κ1) is 22.9. The van der Waals surface area contributed by atoms with Crippen LogP contribution in [-0.2, 0) is 6.42 Å². The molecule has 1 atom stereocenters. The topological polar surface area (TPSA) is 36.0 Å². The van der Waals surface area contributed by atoms with Gasteiger partial charge in [-0.3, -0.25) is 0 Å². The third-order valence-electron chi connectivity index (χ3n) is 7.53. The van der Waals surface area contributed by atoms with Gasteiger partial charge in [0.1, 0.15) is 5.75 Å². The Labute approximate surface area is 196 Å². The summed E-state index contributed by atoms with van der Waals surface area (Å²) in [6.07, 6.45) is 9.82. The molecule has 5 nitrogen and oxygen atoms in total. The lowest BCUT2D eigenvalue weighted by atomic mass is 9.90. The number of urea groups is 1. The summed E-state index contributed by atoms with van der Waals surface area (Å²) in [6, 6.07) is 7.41. The van der Waals surface area contributed by atoms with Crippen LogP contribution >= 0.6 is 15.9 Å². The summed E-state index contributed by atoms with van der Waals surface area (Å²) >= 11 is 3.72. The normalized spacial score (nSPS) is 24.2. The molecule has 1 aromatic carbocycles. The van der Waals surface area contributed by atoms with Gasteiger partial charge < -0.3 is 19.4 Å². The molecule has 1 aromatic rings. The van der Waals surface area contributed by atoms with Crippen molar-refractivity contribution in [1.82, 2.24) is 14.7 Å². The minimum atomic E-state index is 0.255. The van der Waals surface area contributed by atoms with Gasteiger partial charge in [-0.05, 0) is 81.8 Å². The lowest BCUT2D eigenvalue weighted by molar-refractivity contribution is 0.149. The maximum absolute atomic E-state index is 12.8. The van der Waals surface area contributed by atoms with E-state index >= 15 is 0 Å². The molecule has 6 heteroatoms. The molecule has 4 rings (SSSR count). The van der Waals surface area contributed by atoms with Crippen LogP contribution in [0.25, 0.3) is 0 Å². The fraction of sp³-hybridized carbons (Fsp3) is 0.720. The number of halogens is 1. The van der Waals surface area contributed by atoms with Crippen molar-refractivity contribution in [3.05, 3.63) is 28.2 Å². The molecule has 1 unspecified atom stereocenters. The Morgan fingerprint density at radius 2 is 1.84 bits per heavy atom. The first-order valence-electron chi connectivity index (χ1n) is 12.2. The highest BCUT2D eigenvalue weighted by molar-refractivity contribution is 9.10. The lowest BCUT2D eigenvalue weighted by Crippen LogP contribution is -2.44. The molecule has 2 heterocycles. The number of ether oxygens (including phenoxy) is 1. The second-order valence-electron chi connectivity index (χ2n) is 9.63. The minimum absolute atomic E-state index is 0.255. The minimum Gasteiger partial charge on any atom is -0.494 e. The number of carbonyl (C=O) groups is 1. The molecule has 2 aliphatic heterocycles. The Hall–Kier alpha value is -1.27. The van der Waals surface area contributed by atoms with Crippen LogP contribution in [0.2, 0.25) is 0 Å². The fourth-order valence-electron chi connectivity index (χ4n) is 5.61. The van der Waals surface area contributed by atoms with Crippen molar-refractivity contribution >= 4 is 22.0 Å². The zero-order chi connectivity index (χ0) is 21.8. The van der Waals surface area contributed by atoms with Gasteiger partial charge in [0.05, 0.1) is 12.6 Å². The van der Waals surface area contributed by atoms with E-state index in [0.717, 1.165) is 38.3 Å². The van der Waals surface area contributed by atoms with E-state index in [1.807, 2.05) is 24.9 Å². The standard InChI is InChI=1S/C25H38BrN3O2/c1-3-31-23-9-10-24(26)20(16-23)15-19-11-13-28(14-12-19)17-22-18-29(25(30)27(22)2)21-7-5-4-6-8-21/h9-10,16,19,21-22H,3-8,11-15,17-18H2,1-2H3. The number of hydrogen-bond acceptors (Lipinski definition) is 3. The Morgan fingerprint density at radius 1 is 1.10 bits per heavy atom. The molecule has 3 aliphatic rings. The van der Waals surface area contributed by atoms with Crippen molar-refractivity contribution in [2.75, 3.05) is 39.8 Å². The number of likely N-dealkylation sites (N-methyl/N-ethyl adjacent to an activating group) is 1. The summed E-state index contributed by atoms with van der Waals surface area (Å²) in [6.45, 7) is 6.93. The van der Waals surface area contributed by atoms with Crippen LogP contribution in [0.1, 0.15) is 57.4 Å². The summed E-state index contributed by atoms with van der Waals surface area (Å²) < 4.78 is 6.88. The molecule has 31 heavy (non-hydrogen) atoms. The van der Waals surface area contributed by atoms with Crippen molar-refractivity contribution in [2.45, 2.75) is 70.4 Å². The SMILES string of the molecule is CCOc1ccc(Br)c(CC2CCN(CC3CN(C4CCCCC4)C(=O)N3C)CC2)c1. The molecular formula is C25H38BrN3O2. The van der Waals surface area contributed by atoms with Gasteiger partial charge in [-0.25, -0.2) is 4.79 Å². The highest BCUT2D eigenvalue weighted by Gasteiger charge is 2.39. The van der Waals surface area contributed by atoms with Crippen LogP contribution in [0, 0.1) is 5.92 Å². The summed E-state index contributed by atoms with van der Waals surface area (Å²) in [5.41, 5.74) is 1.36. The van der Waals surface area contributed by atoms with Crippen molar-refractivity contribution in [2.24, 2.45) is 5.92 Å². The molecule has 1 aliphatic carbocycles. The molecular weight excluding hydrogens is 454 g/mol. The third kappa shape index (κ3) is 5.57. The third-order valence-corrected chi connectivity index (χ3v) is 8.30. The van der Waals surface area contributed by atoms with Crippen LogP contribution in [0.15, 0.2) is 22.7 Å². The van der Waals surface area contributed by atoms with E-state index in [1.165, 1.54) is 55.0 Å². The molecule has 172 valence electrons. The average molecular weight is 493 g/mol. The number of piperidine rings is 1. The smallest absolute Gasteiger partial charge is 0.320 e. The second kappa shape index (κ2) is 10.6. The molecule has 2 saturated heterocycles. The van der Waals surface area contributed by atoms with Crippen LogP contribution in [0.4, 0.5) is 4.79 Å². The van der Waals surface area contributed by atoms with Gasteiger partial charge in [0.15, 0.2) is 0 Å². The predicted molar refractivity (Wildman–Crippen MR) is 129 cm³/mol. The van der Waals surface area contributed by atoms with E-state index in [4.69, 9.17) is 4.74 Å². The van der Waals surface area contributed by atoms with Crippen LogP contribution in [-0.4, -0.2) is 72.6 Å². The highest BCUT2D eigenvalue weighted by atomic mass is 79.9. The number of likely N-dealkylation sites (tertiary alicyclic amines) is 1. The Bertz CT molecular complexity index is 744. The predicted octanol–water partition coefficient (Wildman–Crippen LogP) is 5.17. The molecule has 0 N–H and O–H groups in total. The van der Waals surface area contributed by atoms with Crippen molar-refractivity contribution in [3.63, 3.8) is 0 Å². The number of rotatable bonds is 7. The quantitative estimate of drug-likeness (QED) is 0.527. The average Bonchev–Trinajstić information content (AvgIpc) is 3.06. The number of amides is 2. The Kier molecular flexibility index (Phi) is 7.81. The summed E-state index contributed by atoms with van der Waals surface area (Å²) in [5, 5.41) is 0. The maximum atomic E-state index is 12.8. The molecule has 0 aromatic heterocycles. The van der Waals surface area contributed by atoms with E-state index in [2.05, 4.69) is 37.9 Å². The molecule has 0 spiro atoms. The second-order valence-corrected chi connectivity index (χ2v) is 10.5. The lowest BCUT2D eigenvalue weighted by Gasteiger charge is -2.34. The molecule has 3 fully saturated rings. The van der Waals surface area contributed by atoms with E-state index < -0.39 is 0 Å². The summed E-state index contributed by atoms with van der Waals surface area (Å²) in [7, 11) is 2.01. The van der Waals surface area contributed by atoms with E-state index in [0.29, 0.717) is 24.6 Å².